The number of rotatable bonds is 3. The Balaban J connectivity index is 1.80. The summed E-state index contributed by atoms with van der Waals surface area (Å²) in [6.45, 7) is 9.80. The summed E-state index contributed by atoms with van der Waals surface area (Å²) in [6, 6.07) is 4.97. The Labute approximate surface area is 119 Å². The van der Waals surface area contributed by atoms with Crippen LogP contribution in [-0.2, 0) is 0 Å². The third-order valence-corrected chi connectivity index (χ3v) is 3.90. The second kappa shape index (κ2) is 5.42. The highest BCUT2D eigenvalue weighted by Gasteiger charge is 2.21. The first-order chi connectivity index (χ1) is 9.67. The molecule has 1 aliphatic heterocycles. The zero-order valence-electron chi connectivity index (χ0n) is 12.2. The van der Waals surface area contributed by atoms with E-state index in [0.29, 0.717) is 0 Å². The number of hydrogen-bond acceptors (Lipinski definition) is 5. The van der Waals surface area contributed by atoms with Gasteiger partial charge in [0.05, 0.1) is 0 Å². The highest BCUT2D eigenvalue weighted by atomic mass is 16.4. The first-order valence-corrected chi connectivity index (χ1v) is 7.22. The highest BCUT2D eigenvalue weighted by molar-refractivity contribution is 5.78. The van der Waals surface area contributed by atoms with E-state index in [1.54, 1.807) is 0 Å². The predicted molar refractivity (Wildman–Crippen MR) is 81.2 cm³/mol. The molecular formula is C15H22N4O. The summed E-state index contributed by atoms with van der Waals surface area (Å²) in [5.74, 6) is 0. The van der Waals surface area contributed by atoms with Crippen molar-refractivity contribution in [1.82, 2.24) is 9.88 Å². The van der Waals surface area contributed by atoms with Gasteiger partial charge in [0.1, 0.15) is 5.52 Å². The monoisotopic (exact) mass is 274 g/mol. The van der Waals surface area contributed by atoms with Gasteiger partial charge in [0.25, 0.3) is 6.01 Å². The molecular weight excluding hydrogens is 252 g/mol. The Bertz CT molecular complexity index is 599. The minimum atomic E-state index is 0.724. The zero-order valence-corrected chi connectivity index (χ0v) is 12.2. The van der Waals surface area contributed by atoms with E-state index in [2.05, 4.69) is 40.8 Å². The topological polar surface area (TPSA) is 58.5 Å². The van der Waals surface area contributed by atoms with Gasteiger partial charge in [0.15, 0.2) is 5.58 Å². The number of aromatic nitrogens is 1. The van der Waals surface area contributed by atoms with Gasteiger partial charge < -0.3 is 15.1 Å². The van der Waals surface area contributed by atoms with E-state index < -0.39 is 0 Å². The highest BCUT2D eigenvalue weighted by Crippen LogP contribution is 2.26. The Morgan fingerprint density at radius 1 is 1.20 bits per heavy atom. The second-order valence-electron chi connectivity index (χ2n) is 5.54. The number of nitrogens with two attached hydrogens (primary N) is 1. The zero-order chi connectivity index (χ0) is 14.1. The third kappa shape index (κ3) is 2.51. The van der Waals surface area contributed by atoms with Crippen molar-refractivity contribution < 1.29 is 4.42 Å². The largest absolute Gasteiger partial charge is 0.423 e. The second-order valence-corrected chi connectivity index (χ2v) is 5.54. The molecule has 0 aliphatic carbocycles. The van der Waals surface area contributed by atoms with Gasteiger partial charge in [-0.3, -0.25) is 4.90 Å². The molecule has 2 N–H and O–H groups in total. The summed E-state index contributed by atoms with van der Waals surface area (Å²) in [5, 5.41) is 0. The fourth-order valence-corrected chi connectivity index (χ4v) is 2.85. The number of anilines is 1. The van der Waals surface area contributed by atoms with Crippen LogP contribution in [0.15, 0.2) is 16.5 Å². The predicted octanol–water partition coefficient (Wildman–Crippen LogP) is 1.53. The van der Waals surface area contributed by atoms with Crippen LogP contribution in [0.4, 0.5) is 6.01 Å². The minimum Gasteiger partial charge on any atom is -0.423 e. The third-order valence-electron chi connectivity index (χ3n) is 3.90. The molecule has 0 atom stereocenters. The average Bonchev–Trinajstić information content (AvgIpc) is 2.84. The minimum absolute atomic E-state index is 0.724. The van der Waals surface area contributed by atoms with E-state index in [0.717, 1.165) is 61.9 Å². The molecule has 0 saturated carbocycles. The van der Waals surface area contributed by atoms with Crippen LogP contribution in [0.3, 0.4) is 0 Å². The van der Waals surface area contributed by atoms with E-state index in [9.17, 15) is 0 Å². The smallest absolute Gasteiger partial charge is 0.298 e. The van der Waals surface area contributed by atoms with E-state index in [1.165, 1.54) is 5.56 Å². The van der Waals surface area contributed by atoms with Gasteiger partial charge in [-0.1, -0.05) is 6.07 Å². The van der Waals surface area contributed by atoms with Crippen LogP contribution < -0.4 is 10.6 Å². The maximum absolute atomic E-state index is 5.96. The Hall–Kier alpha value is -1.59. The molecule has 2 aromatic rings. The van der Waals surface area contributed by atoms with Gasteiger partial charge in [-0.05, 0) is 31.0 Å². The molecule has 0 unspecified atom stereocenters. The summed E-state index contributed by atoms with van der Waals surface area (Å²) in [6.07, 6.45) is 0. The van der Waals surface area contributed by atoms with Crippen molar-refractivity contribution in [3.63, 3.8) is 0 Å². The van der Waals surface area contributed by atoms with Gasteiger partial charge in [0.2, 0.25) is 0 Å². The maximum Gasteiger partial charge on any atom is 0.298 e. The van der Waals surface area contributed by atoms with Gasteiger partial charge in [0, 0.05) is 39.3 Å². The molecule has 1 fully saturated rings. The molecule has 3 rings (SSSR count). The SMILES string of the molecule is Cc1cc(C)c2oc(N3CCN(CCN)CC3)nc2c1. The lowest BCUT2D eigenvalue weighted by atomic mass is 10.1. The normalized spacial score (nSPS) is 17.1. The van der Waals surface area contributed by atoms with Crippen molar-refractivity contribution in [1.29, 1.82) is 0 Å². The molecule has 0 spiro atoms. The number of piperazine rings is 1. The lowest BCUT2D eigenvalue weighted by Gasteiger charge is -2.33. The van der Waals surface area contributed by atoms with Gasteiger partial charge in [-0.15, -0.1) is 0 Å². The number of oxazole rings is 1. The summed E-state index contributed by atoms with van der Waals surface area (Å²) < 4.78 is 5.96. The maximum atomic E-state index is 5.96. The number of hydrogen-bond donors (Lipinski definition) is 1. The van der Waals surface area contributed by atoms with Gasteiger partial charge >= 0.3 is 0 Å². The fourth-order valence-electron chi connectivity index (χ4n) is 2.85. The first-order valence-electron chi connectivity index (χ1n) is 7.22. The van der Waals surface area contributed by atoms with Crippen molar-refractivity contribution in [2.75, 3.05) is 44.2 Å². The van der Waals surface area contributed by atoms with Crippen LogP contribution in [0.25, 0.3) is 11.1 Å². The molecule has 0 bridgehead atoms. The van der Waals surface area contributed by atoms with Crippen LogP contribution in [0.5, 0.6) is 0 Å². The number of aryl methyl sites for hydroxylation is 2. The van der Waals surface area contributed by atoms with Crippen molar-refractivity contribution >= 4 is 17.1 Å². The van der Waals surface area contributed by atoms with Crippen LogP contribution in [-0.4, -0.2) is 49.2 Å². The summed E-state index contributed by atoms with van der Waals surface area (Å²) in [5.41, 5.74) is 9.85. The van der Waals surface area contributed by atoms with E-state index in [4.69, 9.17) is 10.2 Å². The first kappa shape index (κ1) is 13.4. The van der Waals surface area contributed by atoms with Crippen molar-refractivity contribution in [2.45, 2.75) is 13.8 Å². The molecule has 20 heavy (non-hydrogen) atoms. The summed E-state index contributed by atoms with van der Waals surface area (Å²) in [4.78, 5) is 9.25. The summed E-state index contributed by atoms with van der Waals surface area (Å²) in [7, 11) is 0. The van der Waals surface area contributed by atoms with E-state index in [-0.39, 0.29) is 0 Å². The summed E-state index contributed by atoms with van der Waals surface area (Å²) >= 11 is 0. The molecule has 2 heterocycles. The number of nitrogens with zero attached hydrogens (tertiary/aromatic N) is 3. The van der Waals surface area contributed by atoms with Crippen molar-refractivity contribution in [2.24, 2.45) is 5.73 Å². The molecule has 5 nitrogen and oxygen atoms in total. The van der Waals surface area contributed by atoms with Crippen LogP contribution in [0.1, 0.15) is 11.1 Å². The molecule has 1 aromatic carbocycles. The standard InChI is InChI=1S/C15H22N4O/c1-11-9-12(2)14-13(10-11)17-15(20-14)19-7-5-18(4-3-16)6-8-19/h9-10H,3-8,16H2,1-2H3. The molecule has 1 aromatic heterocycles. The molecule has 108 valence electrons. The van der Waals surface area contributed by atoms with Crippen LogP contribution >= 0.6 is 0 Å². The van der Waals surface area contributed by atoms with Crippen LogP contribution in [0.2, 0.25) is 0 Å². The van der Waals surface area contributed by atoms with Crippen LogP contribution in [0, 0.1) is 13.8 Å². The van der Waals surface area contributed by atoms with Gasteiger partial charge in [-0.2, -0.15) is 4.98 Å². The molecule has 1 aliphatic rings. The molecule has 5 heteroatoms. The number of benzene rings is 1. The lowest BCUT2D eigenvalue weighted by Crippen LogP contribution is -2.47. The Morgan fingerprint density at radius 2 is 1.95 bits per heavy atom. The molecule has 0 radical (unpaired) electrons. The quantitative estimate of drug-likeness (QED) is 0.919. The molecule has 0 amide bonds. The average molecular weight is 274 g/mol. The van der Waals surface area contributed by atoms with Gasteiger partial charge in [-0.25, -0.2) is 0 Å². The Kier molecular flexibility index (Phi) is 3.63. The number of fused-ring (bicyclic) bond motifs is 1. The Morgan fingerprint density at radius 3 is 2.65 bits per heavy atom. The van der Waals surface area contributed by atoms with Crippen molar-refractivity contribution in [3.05, 3.63) is 23.3 Å². The van der Waals surface area contributed by atoms with E-state index >= 15 is 0 Å². The lowest BCUT2D eigenvalue weighted by molar-refractivity contribution is 0.260. The van der Waals surface area contributed by atoms with E-state index in [1.807, 2.05) is 0 Å². The fraction of sp³-hybridized carbons (Fsp3) is 0.533. The molecule has 1 saturated heterocycles. The van der Waals surface area contributed by atoms with Crippen molar-refractivity contribution in [3.8, 4) is 0 Å².